The second kappa shape index (κ2) is 5.17. The van der Waals surface area contributed by atoms with Gasteiger partial charge in [0.15, 0.2) is 6.17 Å². The van der Waals surface area contributed by atoms with E-state index in [-0.39, 0.29) is 51.4 Å². The van der Waals surface area contributed by atoms with Gasteiger partial charge in [0.2, 0.25) is 0 Å². The SMILES string of the molecule is NC(N)C(=O)O.[KH]. The molecule has 0 saturated carbocycles. The van der Waals surface area contributed by atoms with Crippen molar-refractivity contribution in [2.75, 3.05) is 0 Å². The number of carboxylic acids is 1. The van der Waals surface area contributed by atoms with E-state index >= 15 is 0 Å². The van der Waals surface area contributed by atoms with E-state index < -0.39 is 12.1 Å². The van der Waals surface area contributed by atoms with Crippen molar-refractivity contribution in [1.29, 1.82) is 0 Å². The minimum atomic E-state index is -1.23. The maximum atomic E-state index is 9.45. The first kappa shape index (κ1) is 10.9. The summed E-state index contributed by atoms with van der Waals surface area (Å²) in [6.45, 7) is 0. The molecule has 0 aliphatic carbocycles. The Bertz CT molecular complexity index is 64.7. The number of hydrogen-bond donors (Lipinski definition) is 3. The summed E-state index contributed by atoms with van der Waals surface area (Å²) < 4.78 is 0. The molecule has 0 amide bonds. The van der Waals surface area contributed by atoms with Crippen LogP contribution >= 0.6 is 0 Å². The molecule has 0 aliphatic heterocycles. The molecule has 0 atom stereocenters. The van der Waals surface area contributed by atoms with Crippen LogP contribution in [0, 0.1) is 0 Å². The molecule has 0 aromatic rings. The van der Waals surface area contributed by atoms with E-state index in [4.69, 9.17) is 5.11 Å². The summed E-state index contributed by atoms with van der Waals surface area (Å²) in [6, 6.07) is 0. The van der Waals surface area contributed by atoms with Gasteiger partial charge >= 0.3 is 57.4 Å². The standard InChI is InChI=1S/C2H6N2O2.K.H/c3-1(4)2(5)6;;/h1H,3-4H2,(H,5,6);;. The summed E-state index contributed by atoms with van der Waals surface area (Å²) in [4.78, 5) is 9.45. The van der Waals surface area contributed by atoms with Crippen molar-refractivity contribution in [3.8, 4) is 0 Å². The average molecular weight is 130 g/mol. The van der Waals surface area contributed by atoms with Crippen LogP contribution < -0.4 is 11.5 Å². The fourth-order valence-electron chi connectivity index (χ4n) is 0. The molecule has 0 radical (unpaired) electrons. The molecule has 0 heterocycles. The molecular formula is C2H7KN2O2. The summed E-state index contributed by atoms with van der Waals surface area (Å²) in [6.07, 6.45) is -1.23. The van der Waals surface area contributed by atoms with Crippen LogP contribution in [0.25, 0.3) is 0 Å². The zero-order chi connectivity index (χ0) is 5.15. The molecule has 0 rings (SSSR count). The molecule has 0 bridgehead atoms. The maximum absolute atomic E-state index is 9.45. The van der Waals surface area contributed by atoms with E-state index in [0.29, 0.717) is 0 Å². The van der Waals surface area contributed by atoms with Gasteiger partial charge in [0.05, 0.1) is 0 Å². The predicted molar refractivity (Wildman–Crippen MR) is 26.9 cm³/mol. The molecule has 5 N–H and O–H groups in total. The third kappa shape index (κ3) is 7.03. The van der Waals surface area contributed by atoms with E-state index in [2.05, 4.69) is 11.5 Å². The molecule has 7 heavy (non-hydrogen) atoms. The first-order valence-corrected chi connectivity index (χ1v) is 1.38. The van der Waals surface area contributed by atoms with Crippen LogP contribution in [0.15, 0.2) is 0 Å². The molecule has 0 aromatic heterocycles. The summed E-state index contributed by atoms with van der Waals surface area (Å²) in [5, 5.41) is 7.74. The third-order valence-electron chi connectivity index (χ3n) is 0.285. The zero-order valence-corrected chi connectivity index (χ0v) is 3.09. The van der Waals surface area contributed by atoms with Crippen LogP contribution in [-0.2, 0) is 4.79 Å². The van der Waals surface area contributed by atoms with Gasteiger partial charge in [0.25, 0.3) is 0 Å². The first-order chi connectivity index (χ1) is 2.64. The third-order valence-corrected chi connectivity index (χ3v) is 0.285. The molecule has 5 heteroatoms. The molecule has 4 nitrogen and oxygen atoms in total. The van der Waals surface area contributed by atoms with Gasteiger partial charge in [-0.2, -0.15) is 0 Å². The Hall–Kier alpha value is 1.03. The van der Waals surface area contributed by atoms with Crippen molar-refractivity contribution in [3.63, 3.8) is 0 Å². The van der Waals surface area contributed by atoms with Crippen molar-refractivity contribution >= 4 is 57.4 Å². The molecule has 38 valence electrons. The van der Waals surface area contributed by atoms with Gasteiger partial charge in [0.1, 0.15) is 0 Å². The van der Waals surface area contributed by atoms with E-state index in [9.17, 15) is 4.79 Å². The van der Waals surface area contributed by atoms with Crippen LogP contribution in [0.3, 0.4) is 0 Å². The van der Waals surface area contributed by atoms with Gasteiger partial charge in [-0.25, -0.2) is 4.79 Å². The molecule has 0 spiro atoms. The molecule has 0 saturated heterocycles. The van der Waals surface area contributed by atoms with Crippen LogP contribution in [-0.4, -0.2) is 68.6 Å². The quantitative estimate of drug-likeness (QED) is 0.274. The summed E-state index contributed by atoms with van der Waals surface area (Å²) >= 11 is 0. The fraction of sp³-hybridized carbons (Fsp3) is 0.500. The summed E-state index contributed by atoms with van der Waals surface area (Å²) in [7, 11) is 0. The number of nitrogens with two attached hydrogens (primary N) is 2. The molecule has 0 aliphatic rings. The minimum absolute atomic E-state index is 0. The van der Waals surface area contributed by atoms with Crippen molar-refractivity contribution in [3.05, 3.63) is 0 Å². The Morgan fingerprint density at radius 3 is 1.71 bits per heavy atom. The molecule has 0 aromatic carbocycles. The van der Waals surface area contributed by atoms with Crippen molar-refractivity contribution in [2.45, 2.75) is 6.17 Å². The van der Waals surface area contributed by atoms with Crippen molar-refractivity contribution < 1.29 is 9.90 Å². The summed E-state index contributed by atoms with van der Waals surface area (Å²) in [5.41, 5.74) is 9.23. The Kier molecular flexibility index (Phi) is 8.06. The van der Waals surface area contributed by atoms with Gasteiger partial charge in [-0.15, -0.1) is 0 Å². The van der Waals surface area contributed by atoms with Gasteiger partial charge in [-0.05, 0) is 0 Å². The molecule has 0 unspecified atom stereocenters. The van der Waals surface area contributed by atoms with E-state index in [0.717, 1.165) is 0 Å². The summed E-state index contributed by atoms with van der Waals surface area (Å²) in [5.74, 6) is -1.19. The topological polar surface area (TPSA) is 89.3 Å². The number of carbonyl (C=O) groups is 1. The van der Waals surface area contributed by atoms with Crippen LogP contribution in [0.2, 0.25) is 0 Å². The molecule has 0 fully saturated rings. The van der Waals surface area contributed by atoms with Crippen LogP contribution in [0.5, 0.6) is 0 Å². The van der Waals surface area contributed by atoms with Crippen molar-refractivity contribution in [2.24, 2.45) is 11.5 Å². The van der Waals surface area contributed by atoms with E-state index in [1.807, 2.05) is 0 Å². The predicted octanol–water partition coefficient (Wildman–Crippen LogP) is -2.33. The van der Waals surface area contributed by atoms with Crippen molar-refractivity contribution in [1.82, 2.24) is 0 Å². The van der Waals surface area contributed by atoms with Gasteiger partial charge in [0, 0.05) is 0 Å². The second-order valence-corrected chi connectivity index (χ2v) is 0.864. The van der Waals surface area contributed by atoms with Gasteiger partial charge < -0.3 is 16.6 Å². The van der Waals surface area contributed by atoms with Crippen LogP contribution in [0.4, 0.5) is 0 Å². The zero-order valence-electron chi connectivity index (χ0n) is 3.09. The Balaban J connectivity index is 0. The normalized spacial score (nSPS) is 7.86. The van der Waals surface area contributed by atoms with Crippen LogP contribution in [0.1, 0.15) is 0 Å². The molecular weight excluding hydrogens is 123 g/mol. The van der Waals surface area contributed by atoms with E-state index in [1.165, 1.54) is 0 Å². The number of carboxylic acid groups (broad SMARTS) is 1. The Morgan fingerprint density at radius 2 is 1.71 bits per heavy atom. The first-order valence-electron chi connectivity index (χ1n) is 1.38. The second-order valence-electron chi connectivity index (χ2n) is 0.864. The van der Waals surface area contributed by atoms with E-state index in [1.54, 1.807) is 0 Å². The van der Waals surface area contributed by atoms with Gasteiger partial charge in [-0.3, -0.25) is 0 Å². The number of aliphatic carboxylic acids is 1. The monoisotopic (exact) mass is 130 g/mol. The Labute approximate surface area is 83.7 Å². The Morgan fingerprint density at radius 1 is 1.57 bits per heavy atom. The fourth-order valence-corrected chi connectivity index (χ4v) is 0. The van der Waals surface area contributed by atoms with Gasteiger partial charge in [-0.1, -0.05) is 0 Å². The number of hydrogen-bond acceptors (Lipinski definition) is 3. The number of rotatable bonds is 1. The average Bonchev–Trinajstić information content (AvgIpc) is 1.36.